The van der Waals surface area contributed by atoms with Crippen LogP contribution in [-0.4, -0.2) is 54.1 Å². The highest BCUT2D eigenvalue weighted by Gasteiger charge is 2.10. The number of methoxy groups -OCH3 is 1. The quantitative estimate of drug-likeness (QED) is 0.615. The number of ether oxygens (including phenoxy) is 1. The van der Waals surface area contributed by atoms with E-state index in [4.69, 9.17) is 9.84 Å². The molecule has 0 saturated carbocycles. The van der Waals surface area contributed by atoms with Crippen molar-refractivity contribution in [3.63, 3.8) is 0 Å². The number of carbonyl (C=O) groups excluding carboxylic acids is 1. The summed E-state index contributed by atoms with van der Waals surface area (Å²) in [5, 5.41) is 22.3. The van der Waals surface area contributed by atoms with Gasteiger partial charge in [0.2, 0.25) is 0 Å². The van der Waals surface area contributed by atoms with Gasteiger partial charge in [-0.3, -0.25) is 4.79 Å². The van der Waals surface area contributed by atoms with Gasteiger partial charge in [0.15, 0.2) is 5.69 Å². The van der Waals surface area contributed by atoms with Gasteiger partial charge in [0.25, 0.3) is 5.91 Å². The van der Waals surface area contributed by atoms with Crippen molar-refractivity contribution in [2.75, 3.05) is 32.2 Å². The predicted octanol–water partition coefficient (Wildman–Crippen LogP) is -0.355. The van der Waals surface area contributed by atoms with Gasteiger partial charge in [-0.25, -0.2) is 0 Å². The van der Waals surface area contributed by atoms with E-state index in [2.05, 4.69) is 20.8 Å². The molecule has 0 spiro atoms. The fourth-order valence-corrected chi connectivity index (χ4v) is 1.33. The lowest BCUT2D eigenvalue weighted by atomic mass is 10.3. The van der Waals surface area contributed by atoms with E-state index in [9.17, 15) is 4.79 Å². The molecule has 0 radical (unpaired) electrons. The Morgan fingerprint density at radius 1 is 1.50 bits per heavy atom. The number of hydrogen-bond acceptors (Lipinski definition) is 6. The molecule has 0 aromatic carbocycles. The van der Waals surface area contributed by atoms with Gasteiger partial charge in [-0.15, -0.1) is 10.2 Å². The van der Waals surface area contributed by atoms with Crippen LogP contribution < -0.4 is 10.6 Å². The van der Waals surface area contributed by atoms with Gasteiger partial charge >= 0.3 is 0 Å². The first-order valence-corrected chi connectivity index (χ1v) is 5.69. The monoisotopic (exact) mass is 254 g/mol. The highest BCUT2D eigenvalue weighted by atomic mass is 16.5. The zero-order valence-corrected chi connectivity index (χ0v) is 10.5. The van der Waals surface area contributed by atoms with Gasteiger partial charge < -0.3 is 20.5 Å². The average molecular weight is 254 g/mol. The van der Waals surface area contributed by atoms with E-state index in [-0.39, 0.29) is 24.2 Å². The molecule has 0 bridgehead atoms. The van der Waals surface area contributed by atoms with E-state index in [0.29, 0.717) is 19.0 Å². The molecular formula is C11H18N4O3. The van der Waals surface area contributed by atoms with Crippen molar-refractivity contribution in [3.8, 4) is 0 Å². The van der Waals surface area contributed by atoms with Crippen LogP contribution in [0.3, 0.4) is 0 Å². The van der Waals surface area contributed by atoms with Crippen LogP contribution in [0.15, 0.2) is 12.1 Å². The maximum atomic E-state index is 11.4. The second-order valence-corrected chi connectivity index (χ2v) is 3.64. The number of hydrogen-bond donors (Lipinski definition) is 3. The molecule has 1 aromatic rings. The third-order valence-corrected chi connectivity index (χ3v) is 2.17. The van der Waals surface area contributed by atoms with E-state index in [0.717, 1.165) is 0 Å². The summed E-state index contributed by atoms with van der Waals surface area (Å²) in [5.41, 5.74) is 0.259. The molecule has 7 heteroatoms. The van der Waals surface area contributed by atoms with Gasteiger partial charge in [0.1, 0.15) is 5.82 Å². The Hall–Kier alpha value is -1.73. The molecule has 1 unspecified atom stereocenters. The minimum absolute atomic E-state index is 0.0758. The minimum Gasteiger partial charge on any atom is -0.394 e. The van der Waals surface area contributed by atoms with Crippen molar-refractivity contribution in [2.45, 2.75) is 13.0 Å². The summed E-state index contributed by atoms with van der Waals surface area (Å²) in [6.07, 6.45) is 0. The van der Waals surface area contributed by atoms with Gasteiger partial charge in [-0.05, 0) is 19.1 Å². The highest BCUT2D eigenvalue weighted by molar-refractivity contribution is 5.92. The number of nitrogens with zero attached hydrogens (tertiary/aromatic N) is 2. The molecule has 0 aliphatic heterocycles. The Labute approximate surface area is 106 Å². The summed E-state index contributed by atoms with van der Waals surface area (Å²) < 4.78 is 4.93. The molecule has 1 amide bonds. The van der Waals surface area contributed by atoms with Crippen LogP contribution in [0, 0.1) is 0 Å². The van der Waals surface area contributed by atoms with Crippen molar-refractivity contribution in [1.82, 2.24) is 15.5 Å². The summed E-state index contributed by atoms with van der Waals surface area (Å²) >= 11 is 0. The molecule has 18 heavy (non-hydrogen) atoms. The maximum absolute atomic E-state index is 11.4. The first-order valence-electron chi connectivity index (χ1n) is 5.69. The molecule has 0 aliphatic carbocycles. The normalized spacial score (nSPS) is 11.9. The van der Waals surface area contributed by atoms with E-state index < -0.39 is 0 Å². The highest BCUT2D eigenvalue weighted by Crippen LogP contribution is 2.04. The van der Waals surface area contributed by atoms with Crippen LogP contribution in [0.4, 0.5) is 5.82 Å². The molecule has 7 nitrogen and oxygen atoms in total. The number of amides is 1. The molecule has 3 N–H and O–H groups in total. The lowest BCUT2D eigenvalue weighted by molar-refractivity contribution is 0.0950. The molecule has 1 aromatic heterocycles. The van der Waals surface area contributed by atoms with Crippen molar-refractivity contribution >= 4 is 11.7 Å². The van der Waals surface area contributed by atoms with Gasteiger partial charge in [0.05, 0.1) is 19.3 Å². The van der Waals surface area contributed by atoms with Crippen molar-refractivity contribution in [3.05, 3.63) is 17.8 Å². The summed E-state index contributed by atoms with van der Waals surface area (Å²) in [4.78, 5) is 11.4. The van der Waals surface area contributed by atoms with Gasteiger partial charge in [-0.1, -0.05) is 0 Å². The fourth-order valence-electron chi connectivity index (χ4n) is 1.33. The topological polar surface area (TPSA) is 96.4 Å². The molecule has 0 saturated heterocycles. The van der Waals surface area contributed by atoms with E-state index in [1.165, 1.54) is 0 Å². The second-order valence-electron chi connectivity index (χ2n) is 3.64. The number of anilines is 1. The SMILES string of the molecule is CCNC(=O)c1ccc(NC(CO)COC)nn1. The van der Waals surface area contributed by atoms with Crippen LogP contribution in [0.1, 0.15) is 17.4 Å². The molecule has 1 atom stereocenters. The lowest BCUT2D eigenvalue weighted by Crippen LogP contribution is -2.29. The van der Waals surface area contributed by atoms with Crippen molar-refractivity contribution < 1.29 is 14.6 Å². The molecule has 0 fully saturated rings. The number of aliphatic hydroxyl groups excluding tert-OH is 1. The van der Waals surface area contributed by atoms with Crippen LogP contribution in [0.5, 0.6) is 0 Å². The Morgan fingerprint density at radius 2 is 2.28 bits per heavy atom. The van der Waals surface area contributed by atoms with Crippen LogP contribution in [0.25, 0.3) is 0 Å². The van der Waals surface area contributed by atoms with Gasteiger partial charge in [0, 0.05) is 13.7 Å². The van der Waals surface area contributed by atoms with Crippen molar-refractivity contribution in [1.29, 1.82) is 0 Å². The first kappa shape index (κ1) is 14.3. The summed E-state index contributed by atoms with van der Waals surface area (Å²) in [5.74, 6) is 0.228. The number of aliphatic hydroxyl groups is 1. The Kier molecular flexibility index (Phi) is 6.03. The maximum Gasteiger partial charge on any atom is 0.271 e. The van der Waals surface area contributed by atoms with Crippen LogP contribution in [-0.2, 0) is 4.74 Å². The zero-order valence-electron chi connectivity index (χ0n) is 10.5. The van der Waals surface area contributed by atoms with Crippen LogP contribution >= 0.6 is 0 Å². The average Bonchev–Trinajstić information content (AvgIpc) is 2.39. The standard InChI is InChI=1S/C11H18N4O3/c1-3-12-11(17)9-4-5-10(15-14-9)13-8(6-16)7-18-2/h4-5,8,16H,3,6-7H2,1-2H3,(H,12,17)(H,13,15). The number of aromatic nitrogens is 2. The number of rotatable bonds is 7. The largest absolute Gasteiger partial charge is 0.394 e. The third-order valence-electron chi connectivity index (χ3n) is 2.17. The van der Waals surface area contributed by atoms with E-state index in [1.807, 2.05) is 6.92 Å². The second kappa shape index (κ2) is 7.57. The summed E-state index contributed by atoms with van der Waals surface area (Å²) in [6, 6.07) is 2.96. The van der Waals surface area contributed by atoms with Crippen molar-refractivity contribution in [2.24, 2.45) is 0 Å². The number of carbonyl (C=O) groups is 1. The molecule has 1 heterocycles. The lowest BCUT2D eigenvalue weighted by Gasteiger charge is -2.15. The van der Waals surface area contributed by atoms with E-state index in [1.54, 1.807) is 19.2 Å². The Balaban J connectivity index is 2.62. The summed E-state index contributed by atoms with van der Waals surface area (Å²) in [6.45, 7) is 2.66. The first-order chi connectivity index (χ1) is 8.71. The predicted molar refractivity (Wildman–Crippen MR) is 66.4 cm³/mol. The molecular weight excluding hydrogens is 236 g/mol. The fraction of sp³-hybridized carbons (Fsp3) is 0.545. The number of nitrogens with one attached hydrogen (secondary N) is 2. The van der Waals surface area contributed by atoms with Gasteiger partial charge in [-0.2, -0.15) is 0 Å². The Bertz CT molecular complexity index is 369. The minimum atomic E-state index is -0.257. The smallest absolute Gasteiger partial charge is 0.271 e. The molecule has 100 valence electrons. The molecule has 1 rings (SSSR count). The third kappa shape index (κ3) is 4.27. The summed E-state index contributed by atoms with van der Waals surface area (Å²) in [7, 11) is 1.55. The zero-order chi connectivity index (χ0) is 13.4. The van der Waals surface area contributed by atoms with Crippen LogP contribution in [0.2, 0.25) is 0 Å². The Morgan fingerprint density at radius 3 is 2.78 bits per heavy atom. The van der Waals surface area contributed by atoms with E-state index >= 15 is 0 Å². The molecule has 0 aliphatic rings.